The largest absolute Gasteiger partial charge is 0.440 e. The average molecular weight is 637 g/mol. The molecule has 8 nitrogen and oxygen atoms in total. The van der Waals surface area contributed by atoms with Gasteiger partial charge in [0.15, 0.2) is 11.4 Å². The highest BCUT2D eigenvalue weighted by Crippen LogP contribution is 2.45. The van der Waals surface area contributed by atoms with Crippen LogP contribution in [0.15, 0.2) is 28.5 Å². The molecule has 0 saturated heterocycles. The van der Waals surface area contributed by atoms with Gasteiger partial charge in [-0.1, -0.05) is 23.2 Å². The molecule has 0 aromatic carbocycles. The smallest absolute Gasteiger partial charge is 0.410 e. The zero-order chi connectivity index (χ0) is 30.7. The number of carbonyl (C=O) groups excluding carboxylic acids is 1. The summed E-state index contributed by atoms with van der Waals surface area (Å²) in [5, 5.41) is 18.7. The van der Waals surface area contributed by atoms with Crippen molar-refractivity contribution in [3.05, 3.63) is 39.7 Å². The molecule has 0 radical (unpaired) electrons. The minimum Gasteiger partial charge on any atom is -0.410 e. The molecule has 2 heterocycles. The van der Waals surface area contributed by atoms with Crippen molar-refractivity contribution in [2.24, 2.45) is 13.0 Å². The molecule has 19 heteroatoms. The Morgan fingerprint density at radius 1 is 1.22 bits per heavy atom. The van der Waals surface area contributed by atoms with Gasteiger partial charge in [-0.2, -0.15) is 45.5 Å². The summed E-state index contributed by atoms with van der Waals surface area (Å²) in [6.07, 6.45) is -18.5. The van der Waals surface area contributed by atoms with Gasteiger partial charge in [0.1, 0.15) is 5.54 Å². The lowest BCUT2D eigenvalue weighted by atomic mass is 9.90. The van der Waals surface area contributed by atoms with E-state index in [4.69, 9.17) is 23.2 Å². The van der Waals surface area contributed by atoms with E-state index in [9.17, 15) is 49.6 Å². The highest BCUT2D eigenvalue weighted by molar-refractivity contribution is 6.38. The molecule has 0 bridgehead atoms. The molecule has 2 aromatic rings. The topological polar surface area (TPSA) is 97.8 Å². The first-order valence-corrected chi connectivity index (χ1v) is 12.0. The number of ether oxygens (including phenoxy) is 1. The van der Waals surface area contributed by atoms with E-state index in [0.717, 1.165) is 19.4 Å². The van der Waals surface area contributed by atoms with Crippen LogP contribution in [-0.2, 0) is 18.0 Å². The number of halogens is 11. The van der Waals surface area contributed by atoms with Crippen LogP contribution in [0.1, 0.15) is 30.4 Å². The SMILES string of the molecule is Cn1nc(OC(F)(F)C(F)C(F)(F)F)c(C(F)(F)F)c1-n1cc(C2=C(Cl)C=C(Cl)C(C(=O)NC3(C#N)CC3)C2)cn1. The van der Waals surface area contributed by atoms with Crippen molar-refractivity contribution >= 4 is 34.7 Å². The van der Waals surface area contributed by atoms with Gasteiger partial charge in [-0.15, -0.1) is 5.10 Å². The number of amides is 1. The van der Waals surface area contributed by atoms with Crippen molar-refractivity contribution in [3.8, 4) is 17.8 Å². The zero-order valence-corrected chi connectivity index (χ0v) is 21.7. The molecule has 222 valence electrons. The summed E-state index contributed by atoms with van der Waals surface area (Å²) < 4.78 is 125. The maximum absolute atomic E-state index is 13.9. The fourth-order valence-electron chi connectivity index (χ4n) is 3.93. The predicted octanol–water partition coefficient (Wildman–Crippen LogP) is 5.76. The first-order chi connectivity index (χ1) is 18.8. The number of alkyl halides is 9. The highest BCUT2D eigenvalue weighted by Gasteiger charge is 2.60. The molecule has 0 aliphatic heterocycles. The predicted molar refractivity (Wildman–Crippen MR) is 122 cm³/mol. The average Bonchev–Trinajstić information content (AvgIpc) is 3.29. The Morgan fingerprint density at radius 3 is 2.39 bits per heavy atom. The molecular weight excluding hydrogens is 622 g/mol. The van der Waals surface area contributed by atoms with Gasteiger partial charge in [-0.05, 0) is 30.9 Å². The van der Waals surface area contributed by atoms with E-state index in [1.807, 2.05) is 6.07 Å². The van der Waals surface area contributed by atoms with E-state index >= 15 is 0 Å². The van der Waals surface area contributed by atoms with Crippen LogP contribution in [0.2, 0.25) is 0 Å². The lowest BCUT2D eigenvalue weighted by Gasteiger charge is -2.23. The second-order valence-electron chi connectivity index (χ2n) is 9.16. The number of nitrogens with one attached hydrogen (secondary N) is 1. The van der Waals surface area contributed by atoms with Gasteiger partial charge in [0, 0.05) is 28.9 Å². The standard InChI is InChI=1S/C22H15Cl2F9N6O2/c1-38-17(14(20(26,27)28)16(37-38)41-22(32,33)18(25)21(29,30)31)39-7-9(6-35-39)10-4-11(13(24)5-12(10)23)15(40)36-19(8-34)2-3-19/h5-7,11,18H,2-4H2,1H3,(H,36,40). The molecule has 2 aliphatic rings. The molecule has 1 saturated carbocycles. The third-order valence-corrected chi connectivity index (χ3v) is 6.88. The molecule has 2 aliphatic carbocycles. The van der Waals surface area contributed by atoms with Crippen LogP contribution in [-0.4, -0.2) is 49.5 Å². The molecule has 1 N–H and O–H groups in total. The Balaban J connectivity index is 1.68. The van der Waals surface area contributed by atoms with E-state index < -0.39 is 59.3 Å². The van der Waals surface area contributed by atoms with Crippen LogP contribution in [0, 0.1) is 17.2 Å². The number of rotatable bonds is 7. The maximum atomic E-state index is 13.9. The highest BCUT2D eigenvalue weighted by atomic mass is 35.5. The number of aromatic nitrogens is 4. The van der Waals surface area contributed by atoms with Crippen molar-refractivity contribution in [2.45, 2.75) is 49.4 Å². The summed E-state index contributed by atoms with van der Waals surface area (Å²) in [5.41, 5.74) is -2.85. The number of nitriles is 1. The van der Waals surface area contributed by atoms with Crippen molar-refractivity contribution in [1.29, 1.82) is 5.26 Å². The van der Waals surface area contributed by atoms with Gasteiger partial charge in [-0.25, -0.2) is 13.8 Å². The summed E-state index contributed by atoms with van der Waals surface area (Å²) in [5.74, 6) is -4.72. The van der Waals surface area contributed by atoms with Crippen molar-refractivity contribution in [1.82, 2.24) is 24.9 Å². The second-order valence-corrected chi connectivity index (χ2v) is 10.0. The zero-order valence-electron chi connectivity index (χ0n) is 20.2. The normalized spacial score (nSPS) is 19.9. The summed E-state index contributed by atoms with van der Waals surface area (Å²) in [6, 6.07) is 1.98. The van der Waals surface area contributed by atoms with Gasteiger partial charge < -0.3 is 10.1 Å². The van der Waals surface area contributed by atoms with Crippen LogP contribution in [0.4, 0.5) is 39.5 Å². The van der Waals surface area contributed by atoms with Gasteiger partial charge in [0.05, 0.1) is 18.2 Å². The number of hydrogen-bond donors (Lipinski definition) is 1. The maximum Gasteiger partial charge on any atom is 0.440 e. The molecular formula is C22H15Cl2F9N6O2. The third kappa shape index (κ3) is 5.98. The lowest BCUT2D eigenvalue weighted by Crippen LogP contribution is -2.46. The molecule has 0 spiro atoms. The Morgan fingerprint density at radius 2 is 1.85 bits per heavy atom. The monoisotopic (exact) mass is 636 g/mol. The van der Waals surface area contributed by atoms with Crippen LogP contribution < -0.4 is 10.1 Å². The molecule has 1 amide bonds. The molecule has 1 fully saturated rings. The Hall–Kier alpha value is -3.39. The minimum atomic E-state index is -6.15. The number of allylic oxidation sites excluding steroid dienone is 3. The molecule has 41 heavy (non-hydrogen) atoms. The van der Waals surface area contributed by atoms with Crippen LogP contribution in [0.5, 0.6) is 5.88 Å². The lowest BCUT2D eigenvalue weighted by molar-refractivity contribution is -0.306. The molecule has 4 rings (SSSR count). The van der Waals surface area contributed by atoms with E-state index in [1.165, 1.54) is 6.08 Å². The van der Waals surface area contributed by atoms with Crippen molar-refractivity contribution < 1.29 is 49.0 Å². The summed E-state index contributed by atoms with van der Waals surface area (Å²) in [6.45, 7) is 0. The van der Waals surface area contributed by atoms with E-state index in [0.29, 0.717) is 22.2 Å². The third-order valence-electron chi connectivity index (χ3n) is 6.17. The first kappa shape index (κ1) is 30.6. The van der Waals surface area contributed by atoms with Gasteiger partial charge in [0.25, 0.3) is 12.1 Å². The summed E-state index contributed by atoms with van der Waals surface area (Å²) in [7, 11) is 0.826. The van der Waals surface area contributed by atoms with Crippen LogP contribution in [0.3, 0.4) is 0 Å². The Labute approximate surface area is 233 Å². The number of nitrogens with zero attached hydrogens (tertiary/aromatic N) is 5. The summed E-state index contributed by atoms with van der Waals surface area (Å²) in [4.78, 5) is 12.8. The molecule has 2 unspecified atom stereocenters. The number of aryl methyl sites for hydroxylation is 1. The van der Waals surface area contributed by atoms with Gasteiger partial charge in [0.2, 0.25) is 5.91 Å². The summed E-state index contributed by atoms with van der Waals surface area (Å²) >= 11 is 12.4. The minimum absolute atomic E-state index is 0.00845. The molecule has 2 atom stereocenters. The fraction of sp³-hybridized carbons (Fsp3) is 0.455. The van der Waals surface area contributed by atoms with Crippen LogP contribution in [0.25, 0.3) is 11.4 Å². The van der Waals surface area contributed by atoms with Crippen molar-refractivity contribution in [2.75, 3.05) is 0 Å². The number of hydrogen-bond acceptors (Lipinski definition) is 5. The van der Waals surface area contributed by atoms with Crippen LogP contribution >= 0.6 is 23.2 Å². The quantitative estimate of drug-likeness (QED) is 0.390. The van der Waals surface area contributed by atoms with E-state index in [2.05, 4.69) is 20.3 Å². The van der Waals surface area contributed by atoms with Crippen molar-refractivity contribution in [3.63, 3.8) is 0 Å². The van der Waals surface area contributed by atoms with Gasteiger partial charge in [-0.3, -0.25) is 4.79 Å². The van der Waals surface area contributed by atoms with Gasteiger partial charge >= 0.3 is 18.5 Å². The van der Waals surface area contributed by atoms with E-state index in [-0.39, 0.29) is 27.6 Å². The first-order valence-electron chi connectivity index (χ1n) is 11.3. The number of carbonyl (C=O) groups is 1. The Bertz CT molecular complexity index is 1480. The van der Waals surface area contributed by atoms with E-state index in [1.54, 1.807) is 0 Å². The Kier molecular flexibility index (Phi) is 7.57. The second kappa shape index (κ2) is 10.2. The fourth-order valence-corrected chi connectivity index (χ4v) is 4.58. The molecule has 2 aromatic heterocycles.